The molecule has 0 unspecified atom stereocenters. The summed E-state index contributed by atoms with van der Waals surface area (Å²) in [7, 11) is 0. The average molecular weight is 546 g/mol. The molecular formula is C25H22F3N5O2S2. The number of nitrogens with zero attached hydrogens (tertiary/aromatic N) is 4. The number of aromatic nitrogens is 4. The molecule has 0 aliphatic carbocycles. The lowest BCUT2D eigenvalue weighted by atomic mass is 10.1. The van der Waals surface area contributed by atoms with E-state index < -0.39 is 11.7 Å². The molecular weight excluding hydrogens is 523 g/mol. The maximum absolute atomic E-state index is 12.9. The number of halogens is 3. The van der Waals surface area contributed by atoms with E-state index in [0.29, 0.717) is 34.0 Å². The first-order chi connectivity index (χ1) is 17.8. The first-order valence-electron chi connectivity index (χ1n) is 11.1. The smallest absolute Gasteiger partial charge is 0.416 e. The number of nitrogens with one attached hydrogen (secondary N) is 1. The molecule has 1 amide bonds. The highest BCUT2D eigenvalue weighted by Gasteiger charge is 2.30. The van der Waals surface area contributed by atoms with E-state index in [1.807, 2.05) is 34.9 Å². The number of para-hydroxylation sites is 1. The molecule has 0 saturated heterocycles. The van der Waals surface area contributed by atoms with Crippen molar-refractivity contribution in [2.24, 2.45) is 0 Å². The third-order valence-electron chi connectivity index (χ3n) is 4.98. The molecule has 2 aromatic heterocycles. The number of benzene rings is 2. The SMILES string of the molecule is C=CCn1c(COc2ccccc2)nnc1SCC(=O)Nc1ncc(Cc2cccc(C(F)(F)F)c2)s1. The Bertz CT molecular complexity index is 1360. The van der Waals surface area contributed by atoms with Crippen LogP contribution in [0.15, 0.2) is 78.6 Å². The molecule has 4 rings (SSSR count). The maximum atomic E-state index is 12.9. The first kappa shape index (κ1) is 26.4. The van der Waals surface area contributed by atoms with E-state index in [1.54, 1.807) is 18.3 Å². The Labute approximate surface area is 219 Å². The van der Waals surface area contributed by atoms with Gasteiger partial charge in [0.15, 0.2) is 16.1 Å². The van der Waals surface area contributed by atoms with Gasteiger partial charge in [0, 0.05) is 24.0 Å². The van der Waals surface area contributed by atoms with Crippen LogP contribution >= 0.6 is 23.1 Å². The van der Waals surface area contributed by atoms with E-state index in [-0.39, 0.29) is 24.7 Å². The van der Waals surface area contributed by atoms with Crippen LogP contribution < -0.4 is 10.1 Å². The summed E-state index contributed by atoms with van der Waals surface area (Å²) in [4.78, 5) is 17.4. The number of rotatable bonds is 11. The lowest BCUT2D eigenvalue weighted by Gasteiger charge is -2.09. The van der Waals surface area contributed by atoms with Crippen molar-refractivity contribution in [2.45, 2.75) is 30.9 Å². The van der Waals surface area contributed by atoms with Crippen LogP contribution in [0.25, 0.3) is 0 Å². The van der Waals surface area contributed by atoms with Gasteiger partial charge in [0.25, 0.3) is 0 Å². The minimum Gasteiger partial charge on any atom is -0.486 e. The molecule has 0 aliphatic rings. The van der Waals surface area contributed by atoms with E-state index >= 15 is 0 Å². The van der Waals surface area contributed by atoms with Crippen molar-refractivity contribution in [1.82, 2.24) is 19.7 Å². The van der Waals surface area contributed by atoms with Crippen molar-refractivity contribution in [3.63, 3.8) is 0 Å². The van der Waals surface area contributed by atoms with Crippen LogP contribution in [0.3, 0.4) is 0 Å². The van der Waals surface area contributed by atoms with E-state index in [4.69, 9.17) is 4.74 Å². The molecule has 4 aromatic rings. The molecule has 37 heavy (non-hydrogen) atoms. The number of allylic oxidation sites excluding steroid dienone is 1. The van der Waals surface area contributed by atoms with Gasteiger partial charge in [0.2, 0.25) is 5.91 Å². The maximum Gasteiger partial charge on any atom is 0.416 e. The largest absolute Gasteiger partial charge is 0.486 e. The molecule has 192 valence electrons. The van der Waals surface area contributed by atoms with Crippen molar-refractivity contribution >= 4 is 34.1 Å². The lowest BCUT2D eigenvalue weighted by Crippen LogP contribution is -2.14. The number of carbonyl (C=O) groups is 1. The highest BCUT2D eigenvalue weighted by Crippen LogP contribution is 2.30. The molecule has 1 N–H and O–H groups in total. The number of hydrogen-bond donors (Lipinski definition) is 1. The number of alkyl halides is 3. The van der Waals surface area contributed by atoms with Gasteiger partial charge < -0.3 is 10.1 Å². The minimum atomic E-state index is -4.40. The molecule has 0 spiro atoms. The molecule has 0 radical (unpaired) electrons. The number of ether oxygens (including phenoxy) is 1. The van der Waals surface area contributed by atoms with Crippen molar-refractivity contribution in [3.8, 4) is 5.75 Å². The first-order valence-corrected chi connectivity index (χ1v) is 12.9. The predicted molar refractivity (Wildman–Crippen MR) is 137 cm³/mol. The highest BCUT2D eigenvalue weighted by molar-refractivity contribution is 7.99. The van der Waals surface area contributed by atoms with E-state index in [0.717, 1.165) is 17.0 Å². The van der Waals surface area contributed by atoms with Crippen molar-refractivity contribution in [1.29, 1.82) is 0 Å². The summed E-state index contributed by atoms with van der Waals surface area (Å²) in [6, 6.07) is 14.5. The molecule has 0 saturated carbocycles. The molecule has 0 fully saturated rings. The fourth-order valence-electron chi connectivity index (χ4n) is 3.30. The summed E-state index contributed by atoms with van der Waals surface area (Å²) < 4.78 is 46.4. The Hall–Kier alpha value is -3.64. The van der Waals surface area contributed by atoms with Crippen LogP contribution in [-0.2, 0) is 30.5 Å². The van der Waals surface area contributed by atoms with Crippen LogP contribution in [0.2, 0.25) is 0 Å². The van der Waals surface area contributed by atoms with Crippen LogP contribution in [0.4, 0.5) is 18.3 Å². The molecule has 7 nitrogen and oxygen atoms in total. The van der Waals surface area contributed by atoms with Gasteiger partial charge in [-0.3, -0.25) is 9.36 Å². The fourth-order valence-corrected chi connectivity index (χ4v) is 4.93. The number of thioether (sulfide) groups is 1. The number of amides is 1. The summed E-state index contributed by atoms with van der Waals surface area (Å²) in [6.07, 6.45) is -0.856. The minimum absolute atomic E-state index is 0.0668. The summed E-state index contributed by atoms with van der Waals surface area (Å²) >= 11 is 2.43. The lowest BCUT2D eigenvalue weighted by molar-refractivity contribution is -0.137. The van der Waals surface area contributed by atoms with Crippen LogP contribution in [-0.4, -0.2) is 31.4 Å². The van der Waals surface area contributed by atoms with Crippen molar-refractivity contribution < 1.29 is 22.7 Å². The van der Waals surface area contributed by atoms with Crippen LogP contribution in [0.5, 0.6) is 5.75 Å². The Kier molecular flexibility index (Phi) is 8.62. The van der Waals surface area contributed by atoms with Gasteiger partial charge in [-0.1, -0.05) is 54.2 Å². The van der Waals surface area contributed by atoms with Gasteiger partial charge in [0.1, 0.15) is 12.4 Å². The molecule has 2 aromatic carbocycles. The second-order valence-electron chi connectivity index (χ2n) is 7.74. The molecule has 0 atom stereocenters. The zero-order valence-electron chi connectivity index (χ0n) is 19.4. The van der Waals surface area contributed by atoms with Gasteiger partial charge in [0.05, 0.1) is 11.3 Å². The third-order valence-corrected chi connectivity index (χ3v) is 6.86. The number of carbonyl (C=O) groups excluding carboxylic acids is 1. The van der Waals surface area contributed by atoms with Gasteiger partial charge in [-0.2, -0.15) is 13.2 Å². The number of anilines is 1. The third kappa shape index (κ3) is 7.43. The van der Waals surface area contributed by atoms with Crippen LogP contribution in [0, 0.1) is 0 Å². The average Bonchev–Trinajstić information content (AvgIpc) is 3.48. The number of hydrogen-bond acceptors (Lipinski definition) is 7. The van der Waals surface area contributed by atoms with E-state index in [2.05, 4.69) is 27.1 Å². The Morgan fingerprint density at radius 3 is 2.73 bits per heavy atom. The standard InChI is InChI=1S/C25H22F3N5O2S2/c1-2-11-33-21(15-35-19-9-4-3-5-10-19)31-32-24(33)36-16-22(34)30-23-29-14-20(37-23)13-17-7-6-8-18(12-17)25(26,27)28/h2-10,12,14H,1,11,13,15-16H2,(H,29,30,34). The monoisotopic (exact) mass is 545 g/mol. The molecule has 12 heteroatoms. The number of thiazole rings is 1. The van der Waals surface area contributed by atoms with Crippen molar-refractivity contribution in [2.75, 3.05) is 11.1 Å². The molecule has 0 aliphatic heterocycles. The topological polar surface area (TPSA) is 81.9 Å². The fraction of sp³-hybridized carbons (Fsp3) is 0.200. The summed E-state index contributed by atoms with van der Waals surface area (Å²) in [5.41, 5.74) is -0.181. The van der Waals surface area contributed by atoms with E-state index in [1.165, 1.54) is 29.2 Å². The zero-order chi connectivity index (χ0) is 26.3. The Balaban J connectivity index is 1.32. The second-order valence-corrected chi connectivity index (χ2v) is 9.80. The molecule has 0 bridgehead atoms. The summed E-state index contributed by atoms with van der Waals surface area (Å²) in [5, 5.41) is 12.0. The summed E-state index contributed by atoms with van der Waals surface area (Å²) in [5.74, 6) is 1.09. The zero-order valence-corrected chi connectivity index (χ0v) is 21.1. The highest BCUT2D eigenvalue weighted by atomic mass is 32.2. The van der Waals surface area contributed by atoms with Gasteiger partial charge >= 0.3 is 6.18 Å². The van der Waals surface area contributed by atoms with Gasteiger partial charge in [-0.15, -0.1) is 28.1 Å². The normalized spacial score (nSPS) is 11.3. The predicted octanol–water partition coefficient (Wildman–Crippen LogP) is 5.84. The quantitative estimate of drug-likeness (QED) is 0.188. The summed E-state index contributed by atoms with van der Waals surface area (Å²) in [6.45, 7) is 4.44. The van der Waals surface area contributed by atoms with E-state index in [9.17, 15) is 18.0 Å². The Morgan fingerprint density at radius 2 is 1.97 bits per heavy atom. The van der Waals surface area contributed by atoms with Crippen molar-refractivity contribution in [3.05, 3.63) is 95.3 Å². The Morgan fingerprint density at radius 1 is 1.16 bits per heavy atom. The van der Waals surface area contributed by atoms with Gasteiger partial charge in [-0.25, -0.2) is 4.98 Å². The van der Waals surface area contributed by atoms with Gasteiger partial charge in [-0.05, 0) is 23.8 Å². The molecule has 2 heterocycles. The van der Waals surface area contributed by atoms with Crippen LogP contribution in [0.1, 0.15) is 21.8 Å². The second kappa shape index (κ2) is 12.1.